The molecular formula is C21H18FNOS. The molecule has 0 aliphatic carbocycles. The highest BCUT2D eigenvalue weighted by molar-refractivity contribution is 7.80. The van der Waals surface area contributed by atoms with Crippen LogP contribution in [0.1, 0.15) is 18.0 Å². The summed E-state index contributed by atoms with van der Waals surface area (Å²) in [6.45, 7) is 0. The van der Waals surface area contributed by atoms with Gasteiger partial charge in [0.25, 0.3) is 0 Å². The van der Waals surface area contributed by atoms with Crippen molar-refractivity contribution in [1.82, 2.24) is 0 Å². The third-order valence-electron chi connectivity index (χ3n) is 3.73. The molecule has 3 aromatic carbocycles. The SMILES string of the molecule is Fc1ccc(OC(=S)CC(Nc2ccccc2)c2ccccc2)cc1. The highest BCUT2D eigenvalue weighted by atomic mass is 32.1. The van der Waals surface area contributed by atoms with Gasteiger partial charge in [-0.2, -0.15) is 0 Å². The van der Waals surface area contributed by atoms with Gasteiger partial charge in [0.1, 0.15) is 11.6 Å². The van der Waals surface area contributed by atoms with Gasteiger partial charge in [-0.3, -0.25) is 0 Å². The molecule has 3 aromatic rings. The number of ether oxygens (including phenoxy) is 1. The first kappa shape index (κ1) is 17.1. The molecule has 0 radical (unpaired) electrons. The van der Waals surface area contributed by atoms with Gasteiger partial charge >= 0.3 is 0 Å². The van der Waals surface area contributed by atoms with Gasteiger partial charge in [0.05, 0.1) is 6.04 Å². The van der Waals surface area contributed by atoms with E-state index in [-0.39, 0.29) is 11.9 Å². The van der Waals surface area contributed by atoms with Crippen LogP contribution in [0.3, 0.4) is 0 Å². The van der Waals surface area contributed by atoms with Crippen LogP contribution in [0.4, 0.5) is 10.1 Å². The van der Waals surface area contributed by atoms with Gasteiger partial charge in [0.15, 0.2) is 5.05 Å². The molecule has 3 rings (SSSR count). The summed E-state index contributed by atoms with van der Waals surface area (Å²) < 4.78 is 18.7. The third-order valence-corrected chi connectivity index (χ3v) is 3.98. The van der Waals surface area contributed by atoms with Crippen LogP contribution in [-0.4, -0.2) is 5.05 Å². The summed E-state index contributed by atoms with van der Waals surface area (Å²) >= 11 is 5.41. The molecule has 4 heteroatoms. The zero-order valence-electron chi connectivity index (χ0n) is 13.6. The Labute approximate surface area is 152 Å². The zero-order valence-corrected chi connectivity index (χ0v) is 14.4. The fourth-order valence-electron chi connectivity index (χ4n) is 2.52. The monoisotopic (exact) mass is 351 g/mol. The smallest absolute Gasteiger partial charge is 0.169 e. The van der Waals surface area contributed by atoms with Crippen LogP contribution >= 0.6 is 12.2 Å². The number of para-hydroxylation sites is 1. The molecule has 0 aliphatic heterocycles. The summed E-state index contributed by atoms with van der Waals surface area (Å²) in [5.74, 6) is 0.240. The molecule has 1 unspecified atom stereocenters. The van der Waals surface area contributed by atoms with E-state index in [1.165, 1.54) is 12.1 Å². The van der Waals surface area contributed by atoms with E-state index in [1.807, 2.05) is 48.5 Å². The van der Waals surface area contributed by atoms with Gasteiger partial charge < -0.3 is 10.1 Å². The quantitative estimate of drug-likeness (QED) is 0.569. The summed E-state index contributed by atoms with van der Waals surface area (Å²) in [4.78, 5) is 0. The Morgan fingerprint density at radius 2 is 1.48 bits per heavy atom. The number of benzene rings is 3. The number of hydrogen-bond acceptors (Lipinski definition) is 3. The maximum Gasteiger partial charge on any atom is 0.169 e. The third kappa shape index (κ3) is 5.13. The molecule has 0 saturated carbocycles. The lowest BCUT2D eigenvalue weighted by molar-refractivity contribution is 0.534. The first-order chi connectivity index (χ1) is 12.2. The van der Waals surface area contributed by atoms with E-state index in [9.17, 15) is 4.39 Å². The second-order valence-corrected chi connectivity index (χ2v) is 6.06. The zero-order chi connectivity index (χ0) is 17.5. The number of thiocarbonyl (C=S) groups is 1. The Hall–Kier alpha value is -2.72. The number of rotatable bonds is 6. The van der Waals surface area contributed by atoms with E-state index in [2.05, 4.69) is 17.4 Å². The van der Waals surface area contributed by atoms with Crippen molar-refractivity contribution in [1.29, 1.82) is 0 Å². The lowest BCUT2D eigenvalue weighted by Crippen LogP contribution is -2.17. The van der Waals surface area contributed by atoms with Gasteiger partial charge in [0, 0.05) is 12.1 Å². The summed E-state index contributed by atoms with van der Waals surface area (Å²) in [6.07, 6.45) is 0.519. The largest absolute Gasteiger partial charge is 0.450 e. The maximum atomic E-state index is 13.0. The van der Waals surface area contributed by atoms with Crippen LogP contribution in [0, 0.1) is 5.82 Å². The minimum atomic E-state index is -0.300. The summed E-state index contributed by atoms with van der Waals surface area (Å²) in [6, 6.07) is 25.9. The molecule has 126 valence electrons. The van der Waals surface area contributed by atoms with Crippen molar-refractivity contribution in [2.24, 2.45) is 0 Å². The minimum absolute atomic E-state index is 0.0171. The number of anilines is 1. The molecule has 0 amide bonds. The standard InChI is InChI=1S/C21H18FNOS/c22-17-11-13-19(14-12-17)24-21(25)15-20(16-7-3-1-4-8-16)23-18-9-5-2-6-10-18/h1-14,20,23H,15H2. The van der Waals surface area contributed by atoms with Crippen molar-refractivity contribution in [2.45, 2.75) is 12.5 Å². The molecule has 0 saturated heterocycles. The van der Waals surface area contributed by atoms with Crippen LogP contribution in [-0.2, 0) is 0 Å². The fraction of sp³-hybridized carbons (Fsp3) is 0.0952. The minimum Gasteiger partial charge on any atom is -0.450 e. The molecule has 25 heavy (non-hydrogen) atoms. The number of nitrogens with one attached hydrogen (secondary N) is 1. The van der Waals surface area contributed by atoms with Gasteiger partial charge in [-0.05, 0) is 54.2 Å². The summed E-state index contributed by atoms with van der Waals surface area (Å²) in [5, 5.41) is 3.94. The first-order valence-electron chi connectivity index (χ1n) is 8.03. The molecule has 0 fully saturated rings. The summed E-state index contributed by atoms with van der Waals surface area (Å²) in [7, 11) is 0. The van der Waals surface area contributed by atoms with E-state index in [0.29, 0.717) is 17.2 Å². The molecule has 0 bridgehead atoms. The van der Waals surface area contributed by atoms with Crippen molar-refractivity contribution in [3.05, 3.63) is 96.3 Å². The normalized spacial score (nSPS) is 11.6. The number of halogens is 1. The molecule has 1 N–H and O–H groups in total. The van der Waals surface area contributed by atoms with Crippen molar-refractivity contribution >= 4 is 23.0 Å². The van der Waals surface area contributed by atoms with E-state index >= 15 is 0 Å². The molecule has 0 spiro atoms. The Bertz CT molecular complexity index is 806. The van der Waals surface area contributed by atoms with Crippen molar-refractivity contribution < 1.29 is 9.13 Å². The van der Waals surface area contributed by atoms with E-state index in [0.717, 1.165) is 11.3 Å². The van der Waals surface area contributed by atoms with E-state index in [4.69, 9.17) is 17.0 Å². The second-order valence-electron chi connectivity index (χ2n) is 5.61. The molecule has 0 heterocycles. The Balaban J connectivity index is 1.72. The Morgan fingerprint density at radius 3 is 2.12 bits per heavy atom. The molecule has 0 aromatic heterocycles. The van der Waals surface area contributed by atoms with E-state index < -0.39 is 0 Å². The topological polar surface area (TPSA) is 21.3 Å². The van der Waals surface area contributed by atoms with Crippen LogP contribution < -0.4 is 10.1 Å². The molecule has 2 nitrogen and oxygen atoms in total. The van der Waals surface area contributed by atoms with Crippen molar-refractivity contribution in [3.8, 4) is 5.75 Å². The van der Waals surface area contributed by atoms with Crippen molar-refractivity contribution in [2.75, 3.05) is 5.32 Å². The van der Waals surface area contributed by atoms with Crippen LogP contribution in [0.2, 0.25) is 0 Å². The second kappa shape index (κ2) is 8.40. The first-order valence-corrected chi connectivity index (χ1v) is 8.44. The van der Waals surface area contributed by atoms with Gasteiger partial charge in [0.2, 0.25) is 0 Å². The van der Waals surface area contributed by atoms with Gasteiger partial charge in [-0.1, -0.05) is 48.5 Å². The van der Waals surface area contributed by atoms with Crippen LogP contribution in [0.25, 0.3) is 0 Å². The molecular weight excluding hydrogens is 333 g/mol. The number of hydrogen-bond donors (Lipinski definition) is 1. The molecule has 1 atom stereocenters. The fourth-order valence-corrected chi connectivity index (χ4v) is 2.78. The Morgan fingerprint density at radius 1 is 0.880 bits per heavy atom. The average Bonchev–Trinajstić information content (AvgIpc) is 2.65. The Kier molecular flexibility index (Phi) is 5.75. The van der Waals surface area contributed by atoms with Crippen LogP contribution in [0.5, 0.6) is 5.75 Å². The maximum absolute atomic E-state index is 13.0. The highest BCUT2D eigenvalue weighted by Crippen LogP contribution is 2.24. The van der Waals surface area contributed by atoms with Crippen LogP contribution in [0.15, 0.2) is 84.9 Å². The predicted molar refractivity (Wildman–Crippen MR) is 103 cm³/mol. The highest BCUT2D eigenvalue weighted by Gasteiger charge is 2.15. The predicted octanol–water partition coefficient (Wildman–Crippen LogP) is 5.78. The van der Waals surface area contributed by atoms with E-state index in [1.54, 1.807) is 12.1 Å². The summed E-state index contributed by atoms with van der Waals surface area (Å²) in [5.41, 5.74) is 2.14. The van der Waals surface area contributed by atoms with Gasteiger partial charge in [-0.15, -0.1) is 0 Å². The average molecular weight is 351 g/mol. The van der Waals surface area contributed by atoms with Crippen molar-refractivity contribution in [3.63, 3.8) is 0 Å². The lowest BCUT2D eigenvalue weighted by Gasteiger charge is -2.21. The molecule has 0 aliphatic rings. The lowest BCUT2D eigenvalue weighted by atomic mass is 10.0. The van der Waals surface area contributed by atoms with Gasteiger partial charge in [-0.25, -0.2) is 4.39 Å².